The van der Waals surface area contributed by atoms with Gasteiger partial charge in [-0.3, -0.25) is 4.79 Å². The predicted octanol–water partition coefficient (Wildman–Crippen LogP) is 4.61. The Morgan fingerprint density at radius 3 is 2.43 bits per heavy atom. The van der Waals surface area contributed by atoms with E-state index in [1.807, 2.05) is 24.3 Å². The van der Waals surface area contributed by atoms with Crippen LogP contribution in [-0.2, 0) is 11.2 Å². The largest absolute Gasteiger partial charge is 0.376 e. The Labute approximate surface area is 134 Å². The van der Waals surface area contributed by atoms with E-state index in [0.717, 1.165) is 17.7 Å². The Balaban J connectivity index is 1.96. The molecule has 2 aromatic carbocycles. The van der Waals surface area contributed by atoms with E-state index in [0.29, 0.717) is 15.7 Å². The van der Waals surface area contributed by atoms with Gasteiger partial charge in [-0.1, -0.05) is 48.3 Å². The molecule has 0 aliphatic carbocycles. The van der Waals surface area contributed by atoms with Gasteiger partial charge in [0.15, 0.2) is 0 Å². The fourth-order valence-electron chi connectivity index (χ4n) is 1.98. The van der Waals surface area contributed by atoms with Gasteiger partial charge in [0.2, 0.25) is 5.91 Å². The van der Waals surface area contributed by atoms with Crippen molar-refractivity contribution in [2.45, 2.75) is 13.3 Å². The van der Waals surface area contributed by atoms with Crippen LogP contribution in [0.1, 0.15) is 12.5 Å². The summed E-state index contributed by atoms with van der Waals surface area (Å²) in [6.07, 6.45) is 0.869. The van der Waals surface area contributed by atoms with E-state index >= 15 is 0 Å². The number of halogens is 2. The van der Waals surface area contributed by atoms with Gasteiger partial charge in [0.05, 0.1) is 6.54 Å². The number of carbonyl (C=O) groups is 1. The van der Waals surface area contributed by atoms with Crippen LogP contribution in [0, 0.1) is 0 Å². The zero-order chi connectivity index (χ0) is 15.2. The smallest absolute Gasteiger partial charge is 0.243 e. The van der Waals surface area contributed by atoms with Crippen molar-refractivity contribution in [3.63, 3.8) is 0 Å². The number of nitrogens with one attached hydrogen (secondary N) is 2. The van der Waals surface area contributed by atoms with Gasteiger partial charge in [-0.15, -0.1) is 0 Å². The lowest BCUT2D eigenvalue weighted by atomic mass is 10.1. The number of para-hydroxylation sites is 1. The van der Waals surface area contributed by atoms with Gasteiger partial charge in [-0.05, 0) is 36.2 Å². The van der Waals surface area contributed by atoms with E-state index in [1.54, 1.807) is 18.2 Å². The lowest BCUT2D eigenvalue weighted by Gasteiger charge is -2.11. The first kappa shape index (κ1) is 15.7. The summed E-state index contributed by atoms with van der Waals surface area (Å²) in [5, 5.41) is 6.96. The SMILES string of the molecule is CCc1ccccc1NC(=O)CNc1cc(Cl)cc(Cl)c1. The molecule has 3 nitrogen and oxygen atoms in total. The summed E-state index contributed by atoms with van der Waals surface area (Å²) in [5.74, 6) is -0.119. The van der Waals surface area contributed by atoms with Crippen molar-refractivity contribution in [2.24, 2.45) is 0 Å². The van der Waals surface area contributed by atoms with Crippen molar-refractivity contribution < 1.29 is 4.79 Å². The van der Waals surface area contributed by atoms with Crippen LogP contribution < -0.4 is 10.6 Å². The maximum Gasteiger partial charge on any atom is 0.243 e. The second-order valence-electron chi connectivity index (χ2n) is 4.57. The highest BCUT2D eigenvalue weighted by Crippen LogP contribution is 2.22. The van der Waals surface area contributed by atoms with Crippen LogP contribution in [0.4, 0.5) is 11.4 Å². The number of rotatable bonds is 5. The Morgan fingerprint density at radius 2 is 1.76 bits per heavy atom. The zero-order valence-corrected chi connectivity index (χ0v) is 13.1. The molecule has 0 saturated carbocycles. The van der Waals surface area contributed by atoms with Crippen molar-refractivity contribution in [1.29, 1.82) is 0 Å². The molecule has 0 aliphatic rings. The molecule has 0 aliphatic heterocycles. The maximum absolute atomic E-state index is 12.0. The molecule has 0 aromatic heterocycles. The maximum atomic E-state index is 12.0. The Bertz CT molecular complexity index is 624. The minimum atomic E-state index is -0.119. The van der Waals surface area contributed by atoms with E-state index in [9.17, 15) is 4.79 Å². The third-order valence-electron chi connectivity index (χ3n) is 2.99. The van der Waals surface area contributed by atoms with Gasteiger partial charge in [0.25, 0.3) is 0 Å². The van der Waals surface area contributed by atoms with Gasteiger partial charge >= 0.3 is 0 Å². The molecule has 2 N–H and O–H groups in total. The molecular formula is C16H16Cl2N2O. The molecule has 0 saturated heterocycles. The van der Waals surface area contributed by atoms with Crippen LogP contribution in [0.25, 0.3) is 0 Å². The van der Waals surface area contributed by atoms with Crippen molar-refractivity contribution in [3.05, 3.63) is 58.1 Å². The molecular weight excluding hydrogens is 307 g/mol. The van der Waals surface area contributed by atoms with Crippen LogP contribution in [0.15, 0.2) is 42.5 Å². The highest BCUT2D eigenvalue weighted by molar-refractivity contribution is 6.35. The molecule has 0 unspecified atom stereocenters. The van der Waals surface area contributed by atoms with Crippen LogP contribution in [0.2, 0.25) is 10.0 Å². The third-order valence-corrected chi connectivity index (χ3v) is 3.42. The van der Waals surface area contributed by atoms with E-state index in [1.165, 1.54) is 0 Å². The molecule has 0 atom stereocenters. The second kappa shape index (κ2) is 7.34. The topological polar surface area (TPSA) is 41.1 Å². The molecule has 0 spiro atoms. The van der Waals surface area contributed by atoms with E-state index in [4.69, 9.17) is 23.2 Å². The standard InChI is InChI=1S/C16H16Cl2N2O/c1-2-11-5-3-4-6-15(11)20-16(21)10-19-14-8-12(17)7-13(18)9-14/h3-9,19H,2,10H2,1H3,(H,20,21). The predicted molar refractivity (Wildman–Crippen MR) is 89.4 cm³/mol. The normalized spacial score (nSPS) is 10.2. The van der Waals surface area contributed by atoms with Crippen LogP contribution in [0.5, 0.6) is 0 Å². The summed E-state index contributed by atoms with van der Waals surface area (Å²) < 4.78 is 0. The lowest BCUT2D eigenvalue weighted by Crippen LogP contribution is -2.22. The number of aryl methyl sites for hydroxylation is 1. The minimum Gasteiger partial charge on any atom is -0.376 e. The van der Waals surface area contributed by atoms with Gasteiger partial charge in [0.1, 0.15) is 0 Å². The molecule has 110 valence electrons. The van der Waals surface area contributed by atoms with E-state index in [-0.39, 0.29) is 12.5 Å². The number of hydrogen-bond donors (Lipinski definition) is 2. The molecule has 5 heteroatoms. The summed E-state index contributed by atoms with van der Waals surface area (Å²) >= 11 is 11.8. The molecule has 0 bridgehead atoms. The average molecular weight is 323 g/mol. The van der Waals surface area contributed by atoms with Crippen molar-refractivity contribution >= 4 is 40.5 Å². The molecule has 0 heterocycles. The molecule has 1 amide bonds. The van der Waals surface area contributed by atoms with Gasteiger partial charge in [0, 0.05) is 21.4 Å². The summed E-state index contributed by atoms with van der Waals surface area (Å²) in [5.41, 5.74) is 2.67. The van der Waals surface area contributed by atoms with Crippen LogP contribution in [0.3, 0.4) is 0 Å². The minimum absolute atomic E-state index is 0.119. The van der Waals surface area contributed by atoms with Gasteiger partial charge < -0.3 is 10.6 Å². The monoisotopic (exact) mass is 322 g/mol. The number of anilines is 2. The fraction of sp³-hybridized carbons (Fsp3) is 0.188. The van der Waals surface area contributed by atoms with E-state index in [2.05, 4.69) is 17.6 Å². The Hall–Kier alpha value is -1.71. The Kier molecular flexibility index (Phi) is 5.48. The molecule has 2 rings (SSSR count). The third kappa shape index (κ3) is 4.66. The summed E-state index contributed by atoms with van der Waals surface area (Å²) in [4.78, 5) is 12.0. The number of carbonyl (C=O) groups excluding carboxylic acids is 1. The van der Waals surface area contributed by atoms with Gasteiger partial charge in [-0.25, -0.2) is 0 Å². The first-order chi connectivity index (χ1) is 10.1. The first-order valence-electron chi connectivity index (χ1n) is 6.66. The summed E-state index contributed by atoms with van der Waals surface area (Å²) in [6, 6.07) is 12.8. The molecule has 21 heavy (non-hydrogen) atoms. The summed E-state index contributed by atoms with van der Waals surface area (Å²) in [7, 11) is 0. The molecule has 2 aromatic rings. The highest BCUT2D eigenvalue weighted by atomic mass is 35.5. The molecule has 0 radical (unpaired) electrons. The zero-order valence-electron chi connectivity index (χ0n) is 11.6. The van der Waals surface area contributed by atoms with Crippen molar-refractivity contribution in [1.82, 2.24) is 0 Å². The quantitative estimate of drug-likeness (QED) is 0.844. The Morgan fingerprint density at radius 1 is 1.10 bits per heavy atom. The summed E-state index contributed by atoms with van der Waals surface area (Å²) in [6.45, 7) is 2.20. The average Bonchev–Trinajstić information content (AvgIpc) is 2.45. The van der Waals surface area contributed by atoms with E-state index < -0.39 is 0 Å². The number of amides is 1. The number of benzene rings is 2. The van der Waals surface area contributed by atoms with Crippen LogP contribution >= 0.6 is 23.2 Å². The van der Waals surface area contributed by atoms with Gasteiger partial charge in [-0.2, -0.15) is 0 Å². The van der Waals surface area contributed by atoms with Crippen molar-refractivity contribution in [2.75, 3.05) is 17.2 Å². The van der Waals surface area contributed by atoms with Crippen molar-refractivity contribution in [3.8, 4) is 0 Å². The second-order valence-corrected chi connectivity index (χ2v) is 5.44. The van der Waals surface area contributed by atoms with Crippen LogP contribution in [-0.4, -0.2) is 12.5 Å². The lowest BCUT2D eigenvalue weighted by molar-refractivity contribution is -0.114. The molecule has 0 fully saturated rings. The highest BCUT2D eigenvalue weighted by Gasteiger charge is 2.06. The first-order valence-corrected chi connectivity index (χ1v) is 7.42. The fourth-order valence-corrected chi connectivity index (χ4v) is 2.51. The number of hydrogen-bond acceptors (Lipinski definition) is 2.